The van der Waals surface area contributed by atoms with E-state index in [1.54, 1.807) is 11.8 Å². The standard InChI is InChI=1S/C13H19NO2S/c1-14-12(11-6-4-3-5-7-11)10-17-9-8-13(15)16-2/h3-7,12,14H,8-10H2,1-2H3. The maximum Gasteiger partial charge on any atom is 0.306 e. The number of ether oxygens (including phenoxy) is 1. The summed E-state index contributed by atoms with van der Waals surface area (Å²) in [5.41, 5.74) is 1.28. The lowest BCUT2D eigenvalue weighted by atomic mass is 10.1. The normalized spacial score (nSPS) is 12.1. The fourth-order valence-electron chi connectivity index (χ4n) is 1.49. The molecule has 1 unspecified atom stereocenters. The van der Waals surface area contributed by atoms with E-state index in [1.165, 1.54) is 12.7 Å². The van der Waals surface area contributed by atoms with Crippen LogP contribution in [-0.2, 0) is 9.53 Å². The Bertz CT molecular complexity index is 329. The maximum atomic E-state index is 10.9. The summed E-state index contributed by atoms with van der Waals surface area (Å²) in [7, 11) is 3.38. The van der Waals surface area contributed by atoms with Crippen LogP contribution in [0.15, 0.2) is 30.3 Å². The number of hydrogen-bond acceptors (Lipinski definition) is 4. The highest BCUT2D eigenvalue weighted by Crippen LogP contribution is 2.18. The molecule has 0 amide bonds. The summed E-state index contributed by atoms with van der Waals surface area (Å²) in [6.45, 7) is 0. The van der Waals surface area contributed by atoms with Crippen molar-refractivity contribution in [3.05, 3.63) is 35.9 Å². The molecule has 1 aromatic rings. The molecule has 0 heterocycles. The van der Waals surface area contributed by atoms with Crippen molar-refractivity contribution in [2.24, 2.45) is 0 Å². The second kappa shape index (κ2) is 8.14. The molecule has 0 aliphatic carbocycles. The highest BCUT2D eigenvalue weighted by Gasteiger charge is 2.08. The average Bonchev–Trinajstić information content (AvgIpc) is 2.39. The second-order valence-corrected chi connectivity index (χ2v) is 4.80. The van der Waals surface area contributed by atoms with Crippen LogP contribution in [0.4, 0.5) is 0 Å². The van der Waals surface area contributed by atoms with E-state index in [0.29, 0.717) is 12.5 Å². The minimum atomic E-state index is -0.141. The van der Waals surface area contributed by atoms with E-state index in [2.05, 4.69) is 22.2 Å². The van der Waals surface area contributed by atoms with Gasteiger partial charge < -0.3 is 10.1 Å². The minimum Gasteiger partial charge on any atom is -0.469 e. The van der Waals surface area contributed by atoms with Crippen molar-refractivity contribution in [1.29, 1.82) is 0 Å². The summed E-state index contributed by atoms with van der Waals surface area (Å²) >= 11 is 1.76. The zero-order valence-electron chi connectivity index (χ0n) is 10.3. The van der Waals surface area contributed by atoms with E-state index < -0.39 is 0 Å². The molecule has 0 spiro atoms. The van der Waals surface area contributed by atoms with Crippen molar-refractivity contribution in [3.63, 3.8) is 0 Å². The van der Waals surface area contributed by atoms with Gasteiger partial charge in [-0.05, 0) is 12.6 Å². The quantitative estimate of drug-likeness (QED) is 0.597. The van der Waals surface area contributed by atoms with Crippen molar-refractivity contribution < 1.29 is 9.53 Å². The van der Waals surface area contributed by atoms with Crippen LogP contribution >= 0.6 is 11.8 Å². The molecule has 0 saturated carbocycles. The molecule has 3 nitrogen and oxygen atoms in total. The monoisotopic (exact) mass is 253 g/mol. The van der Waals surface area contributed by atoms with E-state index in [4.69, 9.17) is 0 Å². The number of esters is 1. The van der Waals surface area contributed by atoms with E-state index in [1.807, 2.05) is 25.2 Å². The van der Waals surface area contributed by atoms with E-state index in [-0.39, 0.29) is 5.97 Å². The van der Waals surface area contributed by atoms with Crippen molar-refractivity contribution in [2.45, 2.75) is 12.5 Å². The average molecular weight is 253 g/mol. The van der Waals surface area contributed by atoms with Crippen molar-refractivity contribution in [3.8, 4) is 0 Å². The maximum absolute atomic E-state index is 10.9. The van der Waals surface area contributed by atoms with Gasteiger partial charge in [-0.25, -0.2) is 0 Å². The van der Waals surface area contributed by atoms with Crippen LogP contribution in [0.1, 0.15) is 18.0 Å². The van der Waals surface area contributed by atoms with Gasteiger partial charge in [0, 0.05) is 17.5 Å². The predicted octanol–water partition coefficient (Wildman–Crippen LogP) is 2.24. The van der Waals surface area contributed by atoms with Crippen LogP contribution in [0.3, 0.4) is 0 Å². The molecule has 0 aliphatic heterocycles. The number of methoxy groups -OCH3 is 1. The number of rotatable bonds is 7. The molecule has 1 atom stereocenters. The Kier molecular flexibility index (Phi) is 6.74. The lowest BCUT2D eigenvalue weighted by Gasteiger charge is -2.15. The van der Waals surface area contributed by atoms with Gasteiger partial charge in [0.1, 0.15) is 0 Å². The molecule has 0 aliphatic rings. The predicted molar refractivity (Wildman–Crippen MR) is 72.2 cm³/mol. The minimum absolute atomic E-state index is 0.141. The number of thioether (sulfide) groups is 1. The van der Waals surface area contributed by atoms with E-state index >= 15 is 0 Å². The van der Waals surface area contributed by atoms with Gasteiger partial charge >= 0.3 is 5.97 Å². The highest BCUT2D eigenvalue weighted by atomic mass is 32.2. The molecular weight excluding hydrogens is 234 g/mol. The fourth-order valence-corrected chi connectivity index (χ4v) is 2.56. The van der Waals surface area contributed by atoms with Crippen LogP contribution in [0.25, 0.3) is 0 Å². The molecule has 0 saturated heterocycles. The summed E-state index contributed by atoms with van der Waals surface area (Å²) in [6, 6.07) is 10.7. The molecule has 0 fully saturated rings. The molecule has 1 aromatic carbocycles. The molecule has 1 rings (SSSR count). The first-order chi connectivity index (χ1) is 8.27. The fraction of sp³-hybridized carbons (Fsp3) is 0.462. The van der Waals surface area contributed by atoms with Crippen molar-refractivity contribution in [2.75, 3.05) is 25.7 Å². The van der Waals surface area contributed by atoms with Gasteiger partial charge in [-0.3, -0.25) is 4.79 Å². The number of nitrogens with one attached hydrogen (secondary N) is 1. The summed E-state index contributed by atoms with van der Waals surface area (Å²) < 4.78 is 4.60. The highest BCUT2D eigenvalue weighted by molar-refractivity contribution is 7.99. The van der Waals surface area contributed by atoms with Crippen LogP contribution in [0.5, 0.6) is 0 Å². The molecule has 94 valence electrons. The molecule has 1 N–H and O–H groups in total. The lowest BCUT2D eigenvalue weighted by Crippen LogP contribution is -2.19. The third-order valence-corrected chi connectivity index (χ3v) is 3.57. The third-order valence-electron chi connectivity index (χ3n) is 2.51. The third kappa shape index (κ3) is 5.24. The summed E-state index contributed by atoms with van der Waals surface area (Å²) in [5, 5.41) is 3.28. The van der Waals surface area contributed by atoms with Gasteiger partial charge in [0.2, 0.25) is 0 Å². The van der Waals surface area contributed by atoms with Gasteiger partial charge in [-0.1, -0.05) is 30.3 Å². The number of carbonyl (C=O) groups is 1. The van der Waals surface area contributed by atoms with Gasteiger partial charge in [0.15, 0.2) is 0 Å². The first kappa shape index (κ1) is 14.1. The van der Waals surface area contributed by atoms with Crippen LogP contribution in [0.2, 0.25) is 0 Å². The Hall–Kier alpha value is -1.00. The van der Waals surface area contributed by atoms with Crippen molar-refractivity contribution >= 4 is 17.7 Å². The van der Waals surface area contributed by atoms with Gasteiger partial charge in [0.05, 0.1) is 13.5 Å². The van der Waals surface area contributed by atoms with Gasteiger partial charge in [0.25, 0.3) is 0 Å². The van der Waals surface area contributed by atoms with E-state index in [9.17, 15) is 4.79 Å². The largest absolute Gasteiger partial charge is 0.469 e. The zero-order valence-corrected chi connectivity index (χ0v) is 11.1. The number of benzene rings is 1. The Morgan fingerprint density at radius 1 is 1.41 bits per heavy atom. The summed E-state index contributed by atoms with van der Waals surface area (Å²) in [5.74, 6) is 1.62. The van der Waals surface area contributed by atoms with Crippen LogP contribution in [-0.4, -0.2) is 31.6 Å². The molecule has 17 heavy (non-hydrogen) atoms. The van der Waals surface area contributed by atoms with Gasteiger partial charge in [-0.15, -0.1) is 0 Å². The molecule has 4 heteroatoms. The Labute approximate surface area is 107 Å². The molecule has 0 radical (unpaired) electrons. The smallest absolute Gasteiger partial charge is 0.306 e. The SMILES string of the molecule is CNC(CSCCC(=O)OC)c1ccccc1. The summed E-state index contributed by atoms with van der Waals surface area (Å²) in [4.78, 5) is 10.9. The molecular formula is C13H19NO2S. The first-order valence-corrected chi connectivity index (χ1v) is 6.80. The Morgan fingerprint density at radius 2 is 2.12 bits per heavy atom. The molecule has 0 aromatic heterocycles. The van der Waals surface area contributed by atoms with Crippen LogP contribution < -0.4 is 5.32 Å². The van der Waals surface area contributed by atoms with Gasteiger partial charge in [-0.2, -0.15) is 11.8 Å². The topological polar surface area (TPSA) is 38.3 Å². The first-order valence-electron chi connectivity index (χ1n) is 5.64. The number of hydrogen-bond donors (Lipinski definition) is 1. The Balaban J connectivity index is 2.31. The zero-order chi connectivity index (χ0) is 12.5. The van der Waals surface area contributed by atoms with Crippen LogP contribution in [0, 0.1) is 0 Å². The lowest BCUT2D eigenvalue weighted by molar-refractivity contribution is -0.140. The van der Waals surface area contributed by atoms with E-state index in [0.717, 1.165) is 11.5 Å². The summed E-state index contributed by atoms with van der Waals surface area (Å²) in [6.07, 6.45) is 0.479. The number of carbonyl (C=O) groups excluding carboxylic acids is 1. The van der Waals surface area contributed by atoms with Crippen molar-refractivity contribution in [1.82, 2.24) is 5.32 Å². The Morgan fingerprint density at radius 3 is 2.71 bits per heavy atom. The molecule has 0 bridgehead atoms. The second-order valence-electron chi connectivity index (χ2n) is 3.65.